The maximum Gasteiger partial charge on any atom is 0.513 e. The molecule has 5 aliphatic rings. The lowest BCUT2D eigenvalue weighted by molar-refractivity contribution is -0.218. The van der Waals surface area contributed by atoms with Crippen LogP contribution in [0.25, 0.3) is 0 Å². The molecule has 6 heteroatoms. The summed E-state index contributed by atoms with van der Waals surface area (Å²) in [6.07, 6.45) is 23.5. The van der Waals surface area contributed by atoms with Crippen LogP contribution in [0.15, 0.2) is 35.8 Å². The van der Waals surface area contributed by atoms with Crippen molar-refractivity contribution < 1.29 is 24.1 Å². The summed E-state index contributed by atoms with van der Waals surface area (Å²) in [5, 5.41) is 12.4. The molecule has 2 saturated carbocycles. The molecule has 43 heavy (non-hydrogen) atoms. The van der Waals surface area contributed by atoms with E-state index < -0.39 is 17.2 Å². The number of rotatable bonds is 18. The second kappa shape index (κ2) is 14.5. The van der Waals surface area contributed by atoms with Gasteiger partial charge in [0.05, 0.1) is 17.6 Å². The minimum atomic E-state index is -0.933. The first-order valence-corrected chi connectivity index (χ1v) is 17.9. The van der Waals surface area contributed by atoms with Gasteiger partial charge in [-0.25, -0.2) is 4.79 Å². The number of likely N-dealkylation sites (tertiary alicyclic amines) is 1. The third kappa shape index (κ3) is 6.90. The Hall–Kier alpha value is -1.79. The summed E-state index contributed by atoms with van der Waals surface area (Å²) in [7, 11) is 0. The van der Waals surface area contributed by atoms with Crippen LogP contribution in [0.2, 0.25) is 0 Å². The number of nitrogens with zero attached hydrogens (tertiary/aromatic N) is 1. The number of ether oxygens (including phenoxy) is 3. The van der Waals surface area contributed by atoms with Crippen molar-refractivity contribution in [1.29, 1.82) is 0 Å². The number of hydrogen-bond acceptors (Lipinski definition) is 6. The van der Waals surface area contributed by atoms with Gasteiger partial charge in [-0.2, -0.15) is 0 Å². The van der Waals surface area contributed by atoms with E-state index in [-0.39, 0.29) is 24.0 Å². The molecule has 4 fully saturated rings. The molecule has 2 heterocycles. The van der Waals surface area contributed by atoms with Crippen LogP contribution in [0.1, 0.15) is 130 Å². The minimum absolute atomic E-state index is 0.0285. The molecule has 6 atom stereocenters. The van der Waals surface area contributed by atoms with Crippen molar-refractivity contribution in [1.82, 2.24) is 4.90 Å². The number of carbonyl (C=O) groups is 1. The van der Waals surface area contributed by atoms with Gasteiger partial charge in [0, 0.05) is 18.5 Å². The molecule has 3 unspecified atom stereocenters. The van der Waals surface area contributed by atoms with Gasteiger partial charge >= 0.3 is 6.16 Å². The molecule has 0 radical (unpaired) electrons. The zero-order valence-electron chi connectivity index (χ0n) is 27.4. The van der Waals surface area contributed by atoms with Gasteiger partial charge in [0.1, 0.15) is 11.9 Å². The Balaban J connectivity index is 1.13. The van der Waals surface area contributed by atoms with Gasteiger partial charge in [0.2, 0.25) is 0 Å². The van der Waals surface area contributed by atoms with Gasteiger partial charge in [-0.15, -0.1) is 0 Å². The smallest absolute Gasteiger partial charge is 0.485 e. The highest BCUT2D eigenvalue weighted by Gasteiger charge is 2.73. The molecular weight excluding hydrogens is 538 g/mol. The Morgan fingerprint density at radius 2 is 1.70 bits per heavy atom. The predicted molar refractivity (Wildman–Crippen MR) is 171 cm³/mol. The molecule has 1 N–H and O–H groups in total. The van der Waals surface area contributed by atoms with Crippen molar-refractivity contribution >= 4 is 6.16 Å². The number of hydrogen-bond donors (Lipinski definition) is 1. The summed E-state index contributed by atoms with van der Waals surface area (Å²) < 4.78 is 18.0. The van der Waals surface area contributed by atoms with Gasteiger partial charge in [0.15, 0.2) is 5.76 Å². The fraction of sp³-hybridized carbons (Fsp3) is 0.811. The van der Waals surface area contributed by atoms with E-state index in [2.05, 4.69) is 31.4 Å². The maximum atomic E-state index is 12.8. The third-order valence-corrected chi connectivity index (χ3v) is 11.5. The van der Waals surface area contributed by atoms with E-state index in [9.17, 15) is 9.90 Å². The van der Waals surface area contributed by atoms with Crippen LogP contribution in [0.4, 0.5) is 4.79 Å². The quantitative estimate of drug-likeness (QED) is 0.0967. The topological polar surface area (TPSA) is 68.2 Å². The van der Waals surface area contributed by atoms with E-state index >= 15 is 0 Å². The summed E-state index contributed by atoms with van der Waals surface area (Å²) in [6, 6.07) is 0.0887. The fourth-order valence-corrected chi connectivity index (χ4v) is 8.80. The fourth-order valence-electron chi connectivity index (χ4n) is 8.80. The average molecular weight is 598 g/mol. The molecule has 0 aromatic rings. The van der Waals surface area contributed by atoms with Crippen LogP contribution >= 0.6 is 0 Å². The molecule has 0 amide bonds. The number of carbonyl (C=O) groups excluding carboxylic acids is 1. The Bertz CT molecular complexity index is 1030. The van der Waals surface area contributed by atoms with Crippen molar-refractivity contribution in [3.8, 4) is 0 Å². The number of fused-ring (bicyclic) bond motifs is 1. The zero-order chi connectivity index (χ0) is 30.5. The summed E-state index contributed by atoms with van der Waals surface area (Å²) in [5.41, 5.74) is -0.412. The van der Waals surface area contributed by atoms with E-state index in [1.165, 1.54) is 77.0 Å². The molecule has 242 valence electrons. The van der Waals surface area contributed by atoms with Crippen LogP contribution in [0.3, 0.4) is 0 Å². The molecule has 2 bridgehead atoms. The largest absolute Gasteiger partial charge is 0.513 e. The standard InChI is InChI=1S/C37H59NO5/c1-5-7-8-9-10-11-12-13-14-15-16-17-24-41-35(39)42-30-21-20-29-25-31-36(4,40)37(22-23-38(31)26-28-18-19-28)32(29)33(30)43-34(37)27(3)6-2/h20-21,28-29,31-32,34,40H,3,5-19,22-26H2,1-2,4H3/t29?,31?,32?,34-,36+,37-/m0/s1. The van der Waals surface area contributed by atoms with E-state index in [1.54, 1.807) is 0 Å². The molecule has 0 aromatic carbocycles. The van der Waals surface area contributed by atoms with Gasteiger partial charge in [-0.05, 0) is 75.5 Å². The summed E-state index contributed by atoms with van der Waals surface area (Å²) in [4.78, 5) is 15.3. The van der Waals surface area contributed by atoms with Crippen molar-refractivity contribution in [3.05, 3.63) is 35.8 Å². The van der Waals surface area contributed by atoms with Crippen LogP contribution in [-0.4, -0.2) is 53.6 Å². The van der Waals surface area contributed by atoms with Gasteiger partial charge in [-0.1, -0.05) is 97.1 Å². The first-order valence-electron chi connectivity index (χ1n) is 17.9. The number of unbranched alkanes of at least 4 members (excludes halogenated alkanes) is 11. The van der Waals surface area contributed by atoms with Gasteiger partial charge in [-0.3, -0.25) is 4.90 Å². The van der Waals surface area contributed by atoms with E-state index in [4.69, 9.17) is 14.2 Å². The van der Waals surface area contributed by atoms with Gasteiger partial charge in [0.25, 0.3) is 0 Å². The normalized spacial score (nSPS) is 32.8. The van der Waals surface area contributed by atoms with Crippen LogP contribution < -0.4 is 0 Å². The highest BCUT2D eigenvalue weighted by Crippen LogP contribution is 2.67. The monoisotopic (exact) mass is 597 g/mol. The van der Waals surface area contributed by atoms with Crippen molar-refractivity contribution in [2.45, 2.75) is 148 Å². The maximum absolute atomic E-state index is 12.8. The average Bonchev–Trinajstić information content (AvgIpc) is 3.73. The molecule has 5 rings (SSSR count). The van der Waals surface area contributed by atoms with Crippen LogP contribution in [0.5, 0.6) is 0 Å². The summed E-state index contributed by atoms with van der Waals surface area (Å²) >= 11 is 0. The SMILES string of the molecule is C=C(CC)[C@@H]1OC2=C(OC(=O)OCCCCCCCCCCCCCC)C=CC3CC4N(CC5CC5)CC[C@@]1(C23)[C@]4(C)O. The highest BCUT2D eigenvalue weighted by molar-refractivity contribution is 5.62. The Labute approximate surface area is 261 Å². The predicted octanol–water partition coefficient (Wildman–Crippen LogP) is 8.84. The Kier molecular flexibility index (Phi) is 11.0. The Morgan fingerprint density at radius 1 is 1.05 bits per heavy atom. The van der Waals surface area contributed by atoms with Crippen LogP contribution in [-0.2, 0) is 14.2 Å². The third-order valence-electron chi connectivity index (χ3n) is 11.5. The lowest BCUT2D eigenvalue weighted by Crippen LogP contribution is -2.73. The van der Waals surface area contributed by atoms with E-state index in [0.717, 1.165) is 56.7 Å². The number of piperidine rings is 1. The first-order chi connectivity index (χ1) is 20.8. The first kappa shape index (κ1) is 32.6. The highest BCUT2D eigenvalue weighted by atomic mass is 16.7. The molecule has 1 spiro atoms. The second-order valence-electron chi connectivity index (χ2n) is 14.5. The van der Waals surface area contributed by atoms with Crippen molar-refractivity contribution in [2.75, 3.05) is 19.7 Å². The number of allylic oxidation sites excluding steroid dienone is 3. The van der Waals surface area contributed by atoms with E-state index in [0.29, 0.717) is 18.1 Å². The summed E-state index contributed by atoms with van der Waals surface area (Å²) in [5.74, 6) is 2.15. The van der Waals surface area contributed by atoms with Gasteiger partial charge < -0.3 is 19.3 Å². The molecule has 0 aromatic heterocycles. The molecular formula is C37H59NO5. The molecule has 2 aliphatic heterocycles. The zero-order valence-corrected chi connectivity index (χ0v) is 27.4. The molecule has 2 saturated heterocycles. The number of aliphatic hydroxyl groups is 1. The summed E-state index contributed by atoms with van der Waals surface area (Å²) in [6.45, 7) is 13.2. The lowest BCUT2D eigenvalue weighted by Gasteiger charge is -2.63. The molecule has 3 aliphatic carbocycles. The Morgan fingerprint density at radius 3 is 2.33 bits per heavy atom. The minimum Gasteiger partial charge on any atom is -0.485 e. The van der Waals surface area contributed by atoms with E-state index in [1.807, 2.05) is 13.0 Å². The molecule has 6 nitrogen and oxygen atoms in total. The second-order valence-corrected chi connectivity index (χ2v) is 14.5. The van der Waals surface area contributed by atoms with Crippen LogP contribution in [0, 0.1) is 23.2 Å². The van der Waals surface area contributed by atoms with Crippen molar-refractivity contribution in [2.24, 2.45) is 23.2 Å². The lowest BCUT2D eigenvalue weighted by atomic mass is 9.47. The van der Waals surface area contributed by atoms with Crippen molar-refractivity contribution in [3.63, 3.8) is 0 Å².